The molecule has 0 atom stereocenters. The Balaban J connectivity index is 1.75. The van der Waals surface area contributed by atoms with Crippen molar-refractivity contribution in [3.63, 3.8) is 0 Å². The van der Waals surface area contributed by atoms with Crippen LogP contribution in [0.2, 0.25) is 0 Å². The summed E-state index contributed by atoms with van der Waals surface area (Å²) in [6.07, 6.45) is 1.69. The van der Waals surface area contributed by atoms with Gasteiger partial charge in [-0.2, -0.15) is 4.37 Å². The van der Waals surface area contributed by atoms with Crippen molar-refractivity contribution in [3.05, 3.63) is 48.7 Å². The Labute approximate surface area is 139 Å². The van der Waals surface area contributed by atoms with Crippen molar-refractivity contribution < 1.29 is 5.11 Å². The van der Waals surface area contributed by atoms with Crippen LogP contribution < -0.4 is 0 Å². The van der Waals surface area contributed by atoms with Gasteiger partial charge in [-0.3, -0.25) is 0 Å². The predicted octanol–water partition coefficient (Wildman–Crippen LogP) is 4.94. The third-order valence-electron chi connectivity index (χ3n) is 3.11. The highest BCUT2D eigenvalue weighted by atomic mass is 32.1. The average Bonchev–Trinajstić information content (AvgIpc) is 3.17. The second-order valence-electron chi connectivity index (χ2n) is 4.58. The molecule has 0 saturated carbocycles. The quantitative estimate of drug-likeness (QED) is 0.536. The highest BCUT2D eigenvalue weighted by molar-refractivity contribution is 7.17. The molecule has 112 valence electrons. The lowest BCUT2D eigenvalue weighted by Gasteiger charge is -1.96. The fourth-order valence-corrected chi connectivity index (χ4v) is 3.39. The van der Waals surface area contributed by atoms with Crippen molar-refractivity contribution in [3.8, 4) is 16.5 Å². The molecule has 0 unspecified atom stereocenters. The molecule has 1 aromatic carbocycles. The van der Waals surface area contributed by atoms with E-state index in [2.05, 4.69) is 24.6 Å². The summed E-state index contributed by atoms with van der Waals surface area (Å²) >= 11 is 2.33. The van der Waals surface area contributed by atoms with Gasteiger partial charge < -0.3 is 5.11 Å². The van der Waals surface area contributed by atoms with Crippen molar-refractivity contribution in [2.45, 2.75) is 0 Å². The van der Waals surface area contributed by atoms with Crippen molar-refractivity contribution >= 4 is 43.9 Å². The summed E-state index contributed by atoms with van der Waals surface area (Å²) < 4.78 is 4.23. The Morgan fingerprint density at radius 3 is 2.65 bits per heavy atom. The molecule has 0 spiro atoms. The maximum absolute atomic E-state index is 9.71. The van der Waals surface area contributed by atoms with Crippen LogP contribution in [-0.2, 0) is 0 Å². The van der Waals surface area contributed by atoms with Crippen LogP contribution in [0.1, 0.15) is 0 Å². The van der Waals surface area contributed by atoms with E-state index in [1.807, 2.05) is 42.5 Å². The zero-order valence-electron chi connectivity index (χ0n) is 11.6. The molecule has 0 fully saturated rings. The summed E-state index contributed by atoms with van der Waals surface area (Å²) in [7, 11) is 0. The van der Waals surface area contributed by atoms with Crippen LogP contribution in [0, 0.1) is 0 Å². The number of hydrogen-bond donors (Lipinski definition) is 1. The number of aromatic hydroxyl groups is 1. The number of rotatable bonds is 3. The van der Waals surface area contributed by atoms with Gasteiger partial charge in [0, 0.05) is 11.8 Å². The number of azo groups is 1. The van der Waals surface area contributed by atoms with Crippen molar-refractivity contribution in [2.75, 3.05) is 0 Å². The molecule has 0 aliphatic rings. The first-order chi connectivity index (χ1) is 11.3. The van der Waals surface area contributed by atoms with Crippen molar-refractivity contribution in [1.82, 2.24) is 14.3 Å². The predicted molar refractivity (Wildman–Crippen MR) is 90.8 cm³/mol. The van der Waals surface area contributed by atoms with Crippen LogP contribution in [0.3, 0.4) is 0 Å². The third kappa shape index (κ3) is 2.69. The molecule has 3 aromatic heterocycles. The Morgan fingerprint density at radius 1 is 0.957 bits per heavy atom. The highest BCUT2D eigenvalue weighted by Gasteiger charge is 2.13. The van der Waals surface area contributed by atoms with Gasteiger partial charge in [0.1, 0.15) is 5.69 Å². The molecular weight excluding hydrogens is 330 g/mol. The second kappa shape index (κ2) is 5.82. The van der Waals surface area contributed by atoms with Gasteiger partial charge in [-0.15, -0.1) is 10.2 Å². The molecule has 4 rings (SSSR count). The second-order valence-corrected chi connectivity index (χ2v) is 6.29. The molecule has 3 heterocycles. The SMILES string of the molecule is Oc1nc(-c2ccccc2)c(/N=N/c2snc3ncccc23)s1. The number of aromatic nitrogens is 3. The first kappa shape index (κ1) is 13.9. The van der Waals surface area contributed by atoms with E-state index in [4.69, 9.17) is 0 Å². The summed E-state index contributed by atoms with van der Waals surface area (Å²) in [6, 6.07) is 13.3. The molecule has 0 bridgehead atoms. The van der Waals surface area contributed by atoms with Gasteiger partial charge in [-0.1, -0.05) is 41.7 Å². The number of nitrogens with zero attached hydrogens (tertiary/aromatic N) is 5. The van der Waals surface area contributed by atoms with Crippen LogP contribution in [0.5, 0.6) is 5.19 Å². The van der Waals surface area contributed by atoms with Crippen molar-refractivity contribution in [1.29, 1.82) is 0 Å². The van der Waals surface area contributed by atoms with E-state index in [0.717, 1.165) is 22.3 Å². The topological polar surface area (TPSA) is 83.6 Å². The van der Waals surface area contributed by atoms with Gasteiger partial charge in [-0.05, 0) is 23.7 Å². The minimum atomic E-state index is -0.0337. The molecular formula is C15H9N5OS2. The summed E-state index contributed by atoms with van der Waals surface area (Å²) in [6.45, 7) is 0. The Hall–Kier alpha value is -2.71. The maximum Gasteiger partial charge on any atom is 0.273 e. The normalized spacial score (nSPS) is 11.5. The Kier molecular flexibility index (Phi) is 3.52. The minimum Gasteiger partial charge on any atom is -0.486 e. The zero-order chi connectivity index (χ0) is 15.6. The summed E-state index contributed by atoms with van der Waals surface area (Å²) in [4.78, 5) is 8.31. The zero-order valence-corrected chi connectivity index (χ0v) is 13.3. The van der Waals surface area contributed by atoms with Gasteiger partial charge in [0.05, 0.1) is 5.39 Å². The van der Waals surface area contributed by atoms with Gasteiger partial charge >= 0.3 is 0 Å². The van der Waals surface area contributed by atoms with E-state index >= 15 is 0 Å². The summed E-state index contributed by atoms with van der Waals surface area (Å²) in [5, 5.41) is 20.3. The average molecular weight is 339 g/mol. The Morgan fingerprint density at radius 2 is 1.78 bits per heavy atom. The van der Waals surface area contributed by atoms with Crippen LogP contribution in [0.15, 0.2) is 58.9 Å². The molecule has 0 radical (unpaired) electrons. The lowest BCUT2D eigenvalue weighted by atomic mass is 10.2. The van der Waals surface area contributed by atoms with E-state index in [9.17, 15) is 5.11 Å². The number of hydrogen-bond acceptors (Lipinski definition) is 8. The van der Waals surface area contributed by atoms with Gasteiger partial charge in [0.15, 0.2) is 15.6 Å². The van der Waals surface area contributed by atoms with E-state index < -0.39 is 0 Å². The number of benzene rings is 1. The first-order valence-electron chi connectivity index (χ1n) is 6.68. The molecule has 1 N–H and O–H groups in total. The van der Waals surface area contributed by atoms with Crippen LogP contribution in [0.4, 0.5) is 10.0 Å². The molecule has 0 saturated heterocycles. The minimum absolute atomic E-state index is 0.0337. The molecule has 6 nitrogen and oxygen atoms in total. The number of thiazole rings is 1. The number of pyridine rings is 1. The molecule has 0 aliphatic carbocycles. The molecule has 8 heteroatoms. The van der Waals surface area contributed by atoms with Crippen molar-refractivity contribution in [2.24, 2.45) is 10.2 Å². The molecule has 0 amide bonds. The summed E-state index contributed by atoms with van der Waals surface area (Å²) in [5.41, 5.74) is 2.15. The third-order valence-corrected chi connectivity index (χ3v) is 4.59. The highest BCUT2D eigenvalue weighted by Crippen LogP contribution is 2.40. The van der Waals surface area contributed by atoms with Gasteiger partial charge in [0.2, 0.25) is 0 Å². The standard InChI is InChI=1S/C15H9N5OS2/c21-15-17-11(9-5-2-1-3-6-9)14(22-15)19-18-13-10-7-4-8-16-12(10)20-23-13/h1-8H,(H,17,21)/b19-18+. The summed E-state index contributed by atoms with van der Waals surface area (Å²) in [5.74, 6) is 0. The van der Waals surface area contributed by atoms with Crippen LogP contribution in [0.25, 0.3) is 22.3 Å². The largest absolute Gasteiger partial charge is 0.486 e. The molecule has 4 aromatic rings. The smallest absolute Gasteiger partial charge is 0.273 e. The lowest BCUT2D eigenvalue weighted by Crippen LogP contribution is -1.76. The monoisotopic (exact) mass is 339 g/mol. The maximum atomic E-state index is 9.71. The van der Waals surface area contributed by atoms with E-state index in [1.54, 1.807) is 6.20 Å². The van der Waals surface area contributed by atoms with Gasteiger partial charge in [-0.25, -0.2) is 9.97 Å². The fraction of sp³-hybridized carbons (Fsp3) is 0. The van der Waals surface area contributed by atoms with E-state index in [0.29, 0.717) is 21.3 Å². The van der Waals surface area contributed by atoms with Crippen LogP contribution in [-0.4, -0.2) is 19.4 Å². The van der Waals surface area contributed by atoms with E-state index in [1.165, 1.54) is 11.5 Å². The first-order valence-corrected chi connectivity index (χ1v) is 8.27. The van der Waals surface area contributed by atoms with Gasteiger partial charge in [0.25, 0.3) is 5.19 Å². The lowest BCUT2D eigenvalue weighted by molar-refractivity contribution is 0.471. The van der Waals surface area contributed by atoms with E-state index in [-0.39, 0.29) is 5.19 Å². The number of fused-ring (bicyclic) bond motifs is 1. The molecule has 23 heavy (non-hydrogen) atoms. The molecule has 0 aliphatic heterocycles. The Bertz CT molecular complexity index is 993. The fourth-order valence-electron chi connectivity index (χ4n) is 2.09. The van der Waals surface area contributed by atoms with Crippen LogP contribution >= 0.6 is 22.9 Å².